The molecule has 0 radical (unpaired) electrons. The summed E-state index contributed by atoms with van der Waals surface area (Å²) in [6.07, 6.45) is 2.90. The van der Waals surface area contributed by atoms with Gasteiger partial charge >= 0.3 is 0 Å². The van der Waals surface area contributed by atoms with Gasteiger partial charge in [-0.25, -0.2) is 0 Å². The molecule has 0 amide bonds. The van der Waals surface area contributed by atoms with Crippen LogP contribution in [0.25, 0.3) is 0 Å². The van der Waals surface area contributed by atoms with Crippen LogP contribution in [-0.4, -0.2) is 24.9 Å². The Morgan fingerprint density at radius 3 is 2.47 bits per heavy atom. The summed E-state index contributed by atoms with van der Waals surface area (Å²) in [7, 11) is 0. The highest BCUT2D eigenvalue weighted by Crippen LogP contribution is 2.21. The van der Waals surface area contributed by atoms with Crippen molar-refractivity contribution in [2.45, 2.75) is 38.6 Å². The van der Waals surface area contributed by atoms with Crippen LogP contribution in [-0.2, 0) is 10.3 Å². The minimum absolute atomic E-state index is 0.0631. The third-order valence-electron chi connectivity index (χ3n) is 3.39. The van der Waals surface area contributed by atoms with Crippen molar-refractivity contribution in [2.75, 3.05) is 19.8 Å². The Morgan fingerprint density at radius 1 is 1.21 bits per heavy atom. The Hall–Kier alpha value is -0.900. The topological polar surface area (TPSA) is 55.5 Å². The summed E-state index contributed by atoms with van der Waals surface area (Å²) in [6.45, 7) is 5.73. The molecule has 1 rings (SSSR count). The molecule has 1 unspecified atom stereocenters. The molecular weight excluding hydrogens is 238 g/mol. The first-order valence-electron chi connectivity index (χ1n) is 7.11. The van der Waals surface area contributed by atoms with Crippen LogP contribution in [0, 0.1) is 5.92 Å². The number of aliphatic hydroxyl groups is 1. The highest BCUT2D eigenvalue weighted by molar-refractivity contribution is 5.23. The van der Waals surface area contributed by atoms with Crippen molar-refractivity contribution in [3.8, 4) is 0 Å². The molecule has 0 saturated carbocycles. The van der Waals surface area contributed by atoms with Crippen molar-refractivity contribution < 1.29 is 9.84 Å². The highest BCUT2D eigenvalue weighted by Gasteiger charge is 2.25. The molecule has 0 aliphatic heterocycles. The first-order chi connectivity index (χ1) is 9.08. The summed E-state index contributed by atoms with van der Waals surface area (Å²) >= 11 is 0. The van der Waals surface area contributed by atoms with E-state index in [-0.39, 0.29) is 6.61 Å². The lowest BCUT2D eigenvalue weighted by atomic mass is 9.89. The third kappa shape index (κ3) is 5.72. The Bertz CT molecular complexity index is 340. The van der Waals surface area contributed by atoms with E-state index in [1.807, 2.05) is 30.3 Å². The smallest absolute Gasteiger partial charge is 0.0666 e. The maximum absolute atomic E-state index is 9.53. The molecule has 3 nitrogen and oxygen atoms in total. The van der Waals surface area contributed by atoms with Gasteiger partial charge in [-0.1, -0.05) is 44.2 Å². The van der Waals surface area contributed by atoms with Crippen molar-refractivity contribution in [3.63, 3.8) is 0 Å². The molecule has 108 valence electrons. The van der Waals surface area contributed by atoms with Crippen molar-refractivity contribution >= 4 is 0 Å². The average molecular weight is 265 g/mol. The van der Waals surface area contributed by atoms with Gasteiger partial charge in [0.15, 0.2) is 0 Å². The fourth-order valence-electron chi connectivity index (χ4n) is 2.03. The first kappa shape index (κ1) is 16.2. The lowest BCUT2D eigenvalue weighted by Gasteiger charge is -2.27. The number of hydrogen-bond donors (Lipinski definition) is 2. The van der Waals surface area contributed by atoms with Crippen LogP contribution in [0.3, 0.4) is 0 Å². The predicted molar refractivity (Wildman–Crippen MR) is 78.9 cm³/mol. The van der Waals surface area contributed by atoms with E-state index in [0.29, 0.717) is 13.0 Å². The van der Waals surface area contributed by atoms with Gasteiger partial charge < -0.3 is 15.6 Å². The summed E-state index contributed by atoms with van der Waals surface area (Å²) in [6, 6.07) is 9.74. The molecule has 3 N–H and O–H groups in total. The van der Waals surface area contributed by atoms with Gasteiger partial charge in [0, 0.05) is 13.2 Å². The number of rotatable bonds is 9. The highest BCUT2D eigenvalue weighted by atomic mass is 16.5. The molecule has 0 fully saturated rings. The molecule has 1 atom stereocenters. The normalized spacial score (nSPS) is 14.6. The van der Waals surface area contributed by atoms with Crippen LogP contribution < -0.4 is 5.73 Å². The maximum Gasteiger partial charge on any atom is 0.0666 e. The molecule has 1 aromatic rings. The quantitative estimate of drug-likeness (QED) is 0.675. The van der Waals surface area contributed by atoms with E-state index in [1.165, 1.54) is 6.42 Å². The zero-order valence-corrected chi connectivity index (χ0v) is 12.1. The summed E-state index contributed by atoms with van der Waals surface area (Å²) in [4.78, 5) is 0. The van der Waals surface area contributed by atoms with Gasteiger partial charge in [0.05, 0.1) is 12.1 Å². The number of nitrogens with two attached hydrogens (primary N) is 1. The predicted octanol–water partition coefficient (Wildman–Crippen LogP) is 2.68. The van der Waals surface area contributed by atoms with Crippen LogP contribution in [0.5, 0.6) is 0 Å². The van der Waals surface area contributed by atoms with Crippen LogP contribution in [0.15, 0.2) is 30.3 Å². The van der Waals surface area contributed by atoms with Gasteiger partial charge in [-0.2, -0.15) is 0 Å². The number of benzene rings is 1. The Labute approximate surface area is 116 Å². The monoisotopic (exact) mass is 265 g/mol. The summed E-state index contributed by atoms with van der Waals surface area (Å²) < 4.78 is 5.61. The SMILES string of the molecule is CC(C)CCCOCCC(N)(CO)c1ccccc1. The van der Waals surface area contributed by atoms with E-state index < -0.39 is 5.54 Å². The van der Waals surface area contributed by atoms with Crippen LogP contribution in [0.4, 0.5) is 0 Å². The van der Waals surface area contributed by atoms with Gasteiger partial charge in [-0.15, -0.1) is 0 Å². The summed E-state index contributed by atoms with van der Waals surface area (Å²) in [5, 5.41) is 9.53. The van der Waals surface area contributed by atoms with Crippen molar-refractivity contribution in [1.82, 2.24) is 0 Å². The van der Waals surface area contributed by atoms with Crippen molar-refractivity contribution in [1.29, 1.82) is 0 Å². The first-order valence-corrected chi connectivity index (χ1v) is 7.11. The molecule has 0 heterocycles. The van der Waals surface area contributed by atoms with Crippen LogP contribution >= 0.6 is 0 Å². The summed E-state index contributed by atoms with van der Waals surface area (Å²) in [5.41, 5.74) is 6.52. The summed E-state index contributed by atoms with van der Waals surface area (Å²) in [5.74, 6) is 0.721. The van der Waals surface area contributed by atoms with E-state index in [2.05, 4.69) is 13.8 Å². The van der Waals surface area contributed by atoms with E-state index in [1.54, 1.807) is 0 Å². The second-order valence-corrected chi connectivity index (χ2v) is 5.58. The Balaban J connectivity index is 2.33. The number of ether oxygens (including phenoxy) is 1. The van der Waals surface area contributed by atoms with Gasteiger partial charge in [-0.05, 0) is 30.7 Å². The van der Waals surface area contributed by atoms with E-state index >= 15 is 0 Å². The zero-order valence-electron chi connectivity index (χ0n) is 12.1. The molecule has 0 saturated heterocycles. The van der Waals surface area contributed by atoms with Gasteiger partial charge in [0.25, 0.3) is 0 Å². The second-order valence-electron chi connectivity index (χ2n) is 5.58. The maximum atomic E-state index is 9.53. The molecule has 0 aliphatic carbocycles. The van der Waals surface area contributed by atoms with Gasteiger partial charge in [0.1, 0.15) is 0 Å². The number of hydrogen-bond acceptors (Lipinski definition) is 3. The molecule has 3 heteroatoms. The molecular formula is C16H27NO2. The van der Waals surface area contributed by atoms with E-state index in [9.17, 15) is 5.11 Å². The van der Waals surface area contributed by atoms with Crippen LogP contribution in [0.2, 0.25) is 0 Å². The van der Waals surface area contributed by atoms with Crippen LogP contribution in [0.1, 0.15) is 38.7 Å². The lowest BCUT2D eigenvalue weighted by molar-refractivity contribution is 0.0906. The van der Waals surface area contributed by atoms with Crippen molar-refractivity contribution in [2.24, 2.45) is 11.7 Å². The molecule has 0 spiro atoms. The fraction of sp³-hybridized carbons (Fsp3) is 0.625. The fourth-order valence-corrected chi connectivity index (χ4v) is 2.03. The Kier molecular flexibility index (Phi) is 7.06. The molecule has 1 aromatic carbocycles. The van der Waals surface area contributed by atoms with E-state index in [0.717, 1.165) is 24.5 Å². The molecule has 0 bridgehead atoms. The van der Waals surface area contributed by atoms with Crippen molar-refractivity contribution in [3.05, 3.63) is 35.9 Å². The minimum Gasteiger partial charge on any atom is -0.394 e. The van der Waals surface area contributed by atoms with Gasteiger partial charge in [0.2, 0.25) is 0 Å². The lowest BCUT2D eigenvalue weighted by Crippen LogP contribution is -2.41. The minimum atomic E-state index is -0.695. The molecule has 0 aliphatic rings. The third-order valence-corrected chi connectivity index (χ3v) is 3.39. The number of aliphatic hydroxyl groups excluding tert-OH is 1. The standard InChI is InChI=1S/C16H27NO2/c1-14(2)7-6-11-19-12-10-16(17,13-18)15-8-4-3-5-9-15/h3-5,8-9,14,18H,6-7,10-13,17H2,1-2H3. The second kappa shape index (κ2) is 8.31. The largest absolute Gasteiger partial charge is 0.394 e. The molecule has 19 heavy (non-hydrogen) atoms. The van der Waals surface area contributed by atoms with Gasteiger partial charge in [-0.3, -0.25) is 0 Å². The molecule has 0 aromatic heterocycles. The van der Waals surface area contributed by atoms with E-state index in [4.69, 9.17) is 10.5 Å². The average Bonchev–Trinajstić information content (AvgIpc) is 2.43. The Morgan fingerprint density at radius 2 is 1.89 bits per heavy atom. The zero-order chi connectivity index (χ0) is 14.1.